The van der Waals surface area contributed by atoms with Gasteiger partial charge >= 0.3 is 0 Å². The summed E-state index contributed by atoms with van der Waals surface area (Å²) in [7, 11) is 3.65. The Bertz CT molecular complexity index is 625. The number of benzene rings is 2. The summed E-state index contributed by atoms with van der Waals surface area (Å²) in [5.41, 5.74) is 17.8. The van der Waals surface area contributed by atoms with Crippen molar-refractivity contribution in [1.82, 2.24) is 4.90 Å². The first kappa shape index (κ1) is 23.1. The Morgan fingerprint density at radius 3 is 2.24 bits per heavy atom. The zero-order valence-corrected chi connectivity index (χ0v) is 15.0. The summed E-state index contributed by atoms with van der Waals surface area (Å²) in [5, 5.41) is 2.53. The molecule has 1 heterocycles. The fraction of sp³-hybridized carbons (Fsp3) is 0.429. The van der Waals surface area contributed by atoms with Crippen LogP contribution in [0.4, 0.5) is 0 Å². The summed E-state index contributed by atoms with van der Waals surface area (Å²) < 4.78 is 0. The average molecular weight is 351 g/mol. The average Bonchev–Trinajstić information content (AvgIpc) is 2.64. The molecule has 0 aromatic heterocycles. The largest absolute Gasteiger partial charge is 0.402 e. The van der Waals surface area contributed by atoms with Gasteiger partial charge in [0.2, 0.25) is 0 Å². The number of nitrogens with two attached hydrogens (primary N) is 3. The molecule has 3 rings (SSSR count). The highest BCUT2D eigenvalue weighted by molar-refractivity contribution is 5.85. The summed E-state index contributed by atoms with van der Waals surface area (Å²) in [5.74, 6) is 0.580. The highest BCUT2D eigenvalue weighted by Gasteiger charge is 2.16. The first-order valence-corrected chi connectivity index (χ1v) is 8.49. The van der Waals surface area contributed by atoms with Crippen molar-refractivity contribution < 1.29 is 4.28 Å². The third kappa shape index (κ3) is 7.26. The van der Waals surface area contributed by atoms with Crippen LogP contribution in [0.1, 0.15) is 30.1 Å². The molecule has 2 aromatic carbocycles. The third-order valence-corrected chi connectivity index (χ3v) is 4.34. The van der Waals surface area contributed by atoms with Crippen molar-refractivity contribution in [3.63, 3.8) is 0 Å². The van der Waals surface area contributed by atoms with Gasteiger partial charge < -0.3 is 22.1 Å². The van der Waals surface area contributed by atoms with E-state index < -0.39 is 0 Å². The van der Waals surface area contributed by atoms with Gasteiger partial charge in [0.05, 0.1) is 0 Å². The molecule has 0 amide bonds. The number of nitrogens with zero attached hydrogens (tertiary/aromatic N) is 1. The maximum Gasteiger partial charge on any atom is 0.0184 e. The van der Waals surface area contributed by atoms with Gasteiger partial charge in [-0.05, 0) is 56.4 Å². The van der Waals surface area contributed by atoms with E-state index in [4.69, 9.17) is 11.5 Å². The molecular formula is C21H42N4. The lowest BCUT2D eigenvalue weighted by atomic mass is 9.95. The lowest BCUT2D eigenvalue weighted by Crippen LogP contribution is -2.32. The summed E-state index contributed by atoms with van der Waals surface area (Å²) in [6, 6.07) is 14.5. The number of allylic oxidation sites excluding steroid dienone is 1. The Labute approximate surface area is 158 Å². The topological polar surface area (TPSA) is 81.3 Å². The van der Waals surface area contributed by atoms with E-state index in [9.17, 15) is 0 Å². The molecular weight excluding hydrogens is 308 g/mol. The van der Waals surface area contributed by atoms with Gasteiger partial charge in [0, 0.05) is 22.4 Å². The molecule has 1 fully saturated rings. The Hall–Kier alpha value is -1.88. The van der Waals surface area contributed by atoms with Crippen LogP contribution in [0, 0.1) is 5.92 Å². The van der Waals surface area contributed by atoms with Crippen LogP contribution in [0.15, 0.2) is 54.7 Å². The van der Waals surface area contributed by atoms with Gasteiger partial charge in [0.15, 0.2) is 0 Å². The maximum absolute atomic E-state index is 5.62. The number of rotatable bonds is 2. The Balaban J connectivity index is -0.000000169. The molecule has 1 aliphatic rings. The third-order valence-electron chi connectivity index (χ3n) is 4.34. The van der Waals surface area contributed by atoms with E-state index in [2.05, 4.69) is 48.5 Å². The zero-order valence-electron chi connectivity index (χ0n) is 15.0. The van der Waals surface area contributed by atoms with Crippen LogP contribution in [0.2, 0.25) is 0 Å². The summed E-state index contributed by atoms with van der Waals surface area (Å²) in [6.45, 7) is 6.71. The molecule has 2 aromatic rings. The van der Waals surface area contributed by atoms with Gasteiger partial charge in [-0.1, -0.05) is 56.5 Å². The Kier molecular flexibility index (Phi) is 11.5. The quantitative estimate of drug-likeness (QED) is 0.763. The highest BCUT2D eigenvalue weighted by atomic mass is 15.1. The van der Waals surface area contributed by atoms with Crippen molar-refractivity contribution in [2.24, 2.45) is 23.1 Å². The molecule has 25 heavy (non-hydrogen) atoms. The van der Waals surface area contributed by atoms with Crippen molar-refractivity contribution >= 4 is 10.8 Å². The Morgan fingerprint density at radius 2 is 1.68 bits per heavy atom. The molecule has 1 aliphatic heterocycles. The SMILES string of the molecule is C.C=C(N)C1CCN(C)CC1.CN.NCc1cccc2ccccc12.[HH].[HH].[HH]. The number of piperidine rings is 1. The lowest BCUT2D eigenvalue weighted by molar-refractivity contribution is 0.237. The molecule has 0 saturated carbocycles. The molecule has 0 radical (unpaired) electrons. The first-order valence-electron chi connectivity index (χ1n) is 8.49. The van der Waals surface area contributed by atoms with E-state index in [1.165, 1.54) is 49.3 Å². The van der Waals surface area contributed by atoms with Crippen molar-refractivity contribution in [3.05, 3.63) is 60.3 Å². The van der Waals surface area contributed by atoms with Gasteiger partial charge in [-0.2, -0.15) is 0 Å². The molecule has 4 nitrogen and oxygen atoms in total. The minimum absolute atomic E-state index is 0. The maximum atomic E-state index is 5.62. The van der Waals surface area contributed by atoms with E-state index >= 15 is 0 Å². The fourth-order valence-electron chi connectivity index (χ4n) is 2.85. The number of hydrogen-bond acceptors (Lipinski definition) is 4. The number of fused-ring (bicyclic) bond motifs is 1. The van der Waals surface area contributed by atoms with E-state index in [0.717, 1.165) is 5.70 Å². The monoisotopic (exact) mass is 350 g/mol. The van der Waals surface area contributed by atoms with Gasteiger partial charge in [-0.3, -0.25) is 0 Å². The molecule has 4 heteroatoms. The second-order valence-electron chi connectivity index (χ2n) is 5.99. The van der Waals surface area contributed by atoms with E-state index in [1.54, 1.807) is 0 Å². The highest BCUT2D eigenvalue weighted by Crippen LogP contribution is 2.19. The number of likely N-dealkylation sites (tertiary alicyclic amines) is 1. The molecule has 0 atom stereocenters. The smallest absolute Gasteiger partial charge is 0.0184 e. The van der Waals surface area contributed by atoms with E-state index in [1.807, 2.05) is 18.2 Å². The minimum Gasteiger partial charge on any atom is -0.402 e. The summed E-state index contributed by atoms with van der Waals surface area (Å²) in [6.07, 6.45) is 2.37. The predicted molar refractivity (Wildman–Crippen MR) is 119 cm³/mol. The van der Waals surface area contributed by atoms with Crippen LogP contribution < -0.4 is 17.2 Å². The van der Waals surface area contributed by atoms with Crippen molar-refractivity contribution in [2.75, 3.05) is 27.2 Å². The van der Waals surface area contributed by atoms with Crippen LogP contribution in [0.5, 0.6) is 0 Å². The molecule has 146 valence electrons. The van der Waals surface area contributed by atoms with Crippen molar-refractivity contribution in [2.45, 2.75) is 26.8 Å². The zero-order chi connectivity index (χ0) is 17.9. The predicted octanol–water partition coefficient (Wildman–Crippen LogP) is 4.05. The molecule has 1 saturated heterocycles. The van der Waals surface area contributed by atoms with Crippen molar-refractivity contribution in [3.8, 4) is 0 Å². The molecule has 0 unspecified atom stereocenters. The molecule has 0 aliphatic carbocycles. The lowest BCUT2D eigenvalue weighted by Gasteiger charge is -2.28. The Morgan fingerprint density at radius 1 is 1.12 bits per heavy atom. The molecule has 0 bridgehead atoms. The summed E-state index contributed by atoms with van der Waals surface area (Å²) >= 11 is 0. The van der Waals surface area contributed by atoms with Crippen LogP contribution in [-0.2, 0) is 6.54 Å². The molecule has 0 spiro atoms. The summed E-state index contributed by atoms with van der Waals surface area (Å²) in [4.78, 5) is 2.33. The minimum atomic E-state index is 0. The van der Waals surface area contributed by atoms with Gasteiger partial charge in [0.1, 0.15) is 0 Å². The standard InChI is InChI=1S/C11H11N.C8H16N2.CH5N.CH4.3H2/c12-8-10-6-3-5-9-4-1-2-7-11(9)10;1-7(9)8-3-5-10(2)6-4-8;1-2;;;;/h1-7H,8,12H2;8H,1,3-6,9H2,2H3;2H2,1H3;1H4;3*1H. The van der Waals surface area contributed by atoms with Crippen molar-refractivity contribution in [1.29, 1.82) is 0 Å². The van der Waals surface area contributed by atoms with Crippen LogP contribution in [0.25, 0.3) is 10.8 Å². The number of hydrogen-bond donors (Lipinski definition) is 3. The van der Waals surface area contributed by atoms with Gasteiger partial charge in [-0.25, -0.2) is 0 Å². The van der Waals surface area contributed by atoms with E-state index in [-0.39, 0.29) is 11.7 Å². The normalized spacial score (nSPS) is 14.4. The van der Waals surface area contributed by atoms with Crippen LogP contribution in [-0.4, -0.2) is 32.1 Å². The van der Waals surface area contributed by atoms with E-state index in [0.29, 0.717) is 12.5 Å². The second kappa shape index (κ2) is 12.5. The van der Waals surface area contributed by atoms with Gasteiger partial charge in [-0.15, -0.1) is 0 Å². The second-order valence-corrected chi connectivity index (χ2v) is 5.99. The van der Waals surface area contributed by atoms with Crippen LogP contribution >= 0.6 is 0 Å². The van der Waals surface area contributed by atoms with Crippen LogP contribution in [0.3, 0.4) is 0 Å². The fourth-order valence-corrected chi connectivity index (χ4v) is 2.85. The first-order chi connectivity index (χ1) is 11.6. The van der Waals surface area contributed by atoms with Gasteiger partial charge in [0.25, 0.3) is 0 Å². The molecule has 6 N–H and O–H groups in total.